The summed E-state index contributed by atoms with van der Waals surface area (Å²) in [6.07, 6.45) is -0.360. The van der Waals surface area contributed by atoms with Gasteiger partial charge in [-0.25, -0.2) is 23.2 Å². The van der Waals surface area contributed by atoms with Crippen molar-refractivity contribution >= 4 is 0 Å². The van der Waals surface area contributed by atoms with Crippen LogP contribution in [0.25, 0.3) is 5.69 Å². The molecule has 0 bridgehead atoms. The third-order valence-electron chi connectivity index (χ3n) is 3.36. The molecule has 1 N–H and O–H groups in total. The Bertz CT molecular complexity index is 945. The zero-order valence-corrected chi connectivity index (χ0v) is 11.8. The summed E-state index contributed by atoms with van der Waals surface area (Å²) in [5, 5.41) is 5.82. The van der Waals surface area contributed by atoms with Crippen LogP contribution in [0.15, 0.2) is 58.1 Å². The van der Waals surface area contributed by atoms with Crippen molar-refractivity contribution in [3.8, 4) is 5.69 Å². The lowest BCUT2D eigenvalue weighted by Gasteiger charge is -2.07. The van der Waals surface area contributed by atoms with E-state index in [1.807, 2.05) is 0 Å². The lowest BCUT2D eigenvalue weighted by atomic mass is 10.1. The van der Waals surface area contributed by atoms with Crippen LogP contribution in [-0.4, -0.2) is 14.8 Å². The number of nitrogens with one attached hydrogen (secondary N) is 1. The fourth-order valence-electron chi connectivity index (χ4n) is 2.23. The van der Waals surface area contributed by atoms with Gasteiger partial charge in [0.2, 0.25) is 0 Å². The van der Waals surface area contributed by atoms with Crippen molar-refractivity contribution < 1.29 is 8.78 Å². The van der Waals surface area contributed by atoms with E-state index in [0.29, 0.717) is 5.69 Å². The van der Waals surface area contributed by atoms with Gasteiger partial charge in [-0.2, -0.15) is 5.10 Å². The summed E-state index contributed by atoms with van der Waals surface area (Å²) >= 11 is 0. The molecular formula is C16H11F2N3O2. The van der Waals surface area contributed by atoms with Gasteiger partial charge in [0.1, 0.15) is 17.3 Å². The van der Waals surface area contributed by atoms with Gasteiger partial charge in [-0.3, -0.25) is 4.79 Å². The largest absolute Gasteiger partial charge is 0.349 e. The van der Waals surface area contributed by atoms with E-state index < -0.39 is 22.9 Å². The Labute approximate surface area is 128 Å². The molecule has 7 heteroatoms. The number of aromatic amines is 1. The maximum absolute atomic E-state index is 13.7. The Balaban J connectivity index is 2.13. The van der Waals surface area contributed by atoms with E-state index in [-0.39, 0.29) is 17.7 Å². The van der Waals surface area contributed by atoms with E-state index in [0.717, 1.165) is 16.7 Å². The van der Waals surface area contributed by atoms with Crippen molar-refractivity contribution in [3.63, 3.8) is 0 Å². The van der Waals surface area contributed by atoms with Gasteiger partial charge in [-0.05, 0) is 24.3 Å². The second kappa shape index (κ2) is 5.96. The molecule has 0 spiro atoms. The van der Waals surface area contributed by atoms with Crippen LogP contribution in [0, 0.1) is 11.6 Å². The summed E-state index contributed by atoms with van der Waals surface area (Å²) in [4.78, 5) is 24.3. The van der Waals surface area contributed by atoms with Gasteiger partial charge in [-0.15, -0.1) is 0 Å². The van der Waals surface area contributed by atoms with Gasteiger partial charge in [0.05, 0.1) is 5.69 Å². The minimum atomic E-state index is -0.774. The minimum Gasteiger partial charge on any atom is -0.267 e. The van der Waals surface area contributed by atoms with Crippen LogP contribution in [-0.2, 0) is 6.42 Å². The summed E-state index contributed by atoms with van der Waals surface area (Å²) in [6, 6.07) is 11.6. The molecule has 0 radical (unpaired) electrons. The van der Waals surface area contributed by atoms with Crippen molar-refractivity contribution in [1.29, 1.82) is 0 Å². The zero-order valence-electron chi connectivity index (χ0n) is 11.8. The Kier molecular flexibility index (Phi) is 3.84. The highest BCUT2D eigenvalue weighted by Gasteiger charge is 2.15. The molecule has 0 amide bonds. The van der Waals surface area contributed by atoms with Crippen molar-refractivity contribution in [1.82, 2.24) is 14.8 Å². The number of para-hydroxylation sites is 1. The Hall–Kier alpha value is -3.09. The summed E-state index contributed by atoms with van der Waals surface area (Å²) in [7, 11) is 0. The molecule has 0 saturated heterocycles. The molecule has 0 atom stereocenters. The molecule has 1 aromatic heterocycles. The molecule has 2 aromatic carbocycles. The van der Waals surface area contributed by atoms with Crippen LogP contribution in [0.3, 0.4) is 0 Å². The minimum absolute atomic E-state index is 0.155. The molecule has 5 nitrogen and oxygen atoms in total. The van der Waals surface area contributed by atoms with E-state index in [2.05, 4.69) is 10.2 Å². The van der Waals surface area contributed by atoms with Crippen LogP contribution in [0.1, 0.15) is 11.3 Å². The topological polar surface area (TPSA) is 67.8 Å². The van der Waals surface area contributed by atoms with Crippen molar-refractivity contribution in [2.75, 3.05) is 0 Å². The molecule has 23 heavy (non-hydrogen) atoms. The third-order valence-corrected chi connectivity index (χ3v) is 3.36. The normalized spacial score (nSPS) is 10.7. The second-order valence-electron chi connectivity index (χ2n) is 4.83. The van der Waals surface area contributed by atoms with E-state index >= 15 is 0 Å². The number of aromatic nitrogens is 3. The zero-order chi connectivity index (χ0) is 16.4. The van der Waals surface area contributed by atoms with E-state index in [1.165, 1.54) is 6.07 Å². The Morgan fingerprint density at radius 2 is 1.61 bits per heavy atom. The average Bonchev–Trinajstić information content (AvgIpc) is 2.54. The SMILES string of the molecule is O=c1[nH]nc(Cc2c(F)cccc2F)c(=O)n1-c1ccccc1. The van der Waals surface area contributed by atoms with Crippen LogP contribution in [0.5, 0.6) is 0 Å². The van der Waals surface area contributed by atoms with E-state index in [1.54, 1.807) is 30.3 Å². The molecule has 0 unspecified atom stereocenters. The van der Waals surface area contributed by atoms with Gasteiger partial charge >= 0.3 is 5.69 Å². The fourth-order valence-corrected chi connectivity index (χ4v) is 2.23. The number of hydrogen-bond acceptors (Lipinski definition) is 3. The lowest BCUT2D eigenvalue weighted by Crippen LogP contribution is -2.37. The Morgan fingerprint density at radius 3 is 2.26 bits per heavy atom. The number of halogens is 2. The van der Waals surface area contributed by atoms with Gasteiger partial charge in [0.25, 0.3) is 5.56 Å². The first-order valence-electron chi connectivity index (χ1n) is 6.77. The van der Waals surface area contributed by atoms with Gasteiger partial charge in [0.15, 0.2) is 0 Å². The highest BCUT2D eigenvalue weighted by Crippen LogP contribution is 2.14. The number of H-pyrrole nitrogens is 1. The highest BCUT2D eigenvalue weighted by atomic mass is 19.1. The highest BCUT2D eigenvalue weighted by molar-refractivity contribution is 5.32. The van der Waals surface area contributed by atoms with Gasteiger partial charge in [0, 0.05) is 12.0 Å². The molecule has 116 valence electrons. The maximum atomic E-state index is 13.7. The number of rotatable bonds is 3. The predicted octanol–water partition coefficient (Wildman–Crippen LogP) is 1.79. The summed E-state index contributed by atoms with van der Waals surface area (Å²) in [6.45, 7) is 0. The van der Waals surface area contributed by atoms with Crippen molar-refractivity contribution in [3.05, 3.63) is 92.3 Å². The average molecular weight is 315 g/mol. The maximum Gasteiger partial charge on any atom is 0.349 e. The smallest absolute Gasteiger partial charge is 0.267 e. The first-order chi connectivity index (χ1) is 11.1. The molecule has 3 rings (SSSR count). The Morgan fingerprint density at radius 1 is 0.957 bits per heavy atom. The summed E-state index contributed by atoms with van der Waals surface area (Å²) < 4.78 is 28.3. The standard InChI is InChI=1S/C16H11F2N3O2/c17-12-7-4-8-13(18)11(12)9-14-15(22)21(16(23)20-19-14)10-5-2-1-3-6-10/h1-8H,9H2,(H,20,23). The van der Waals surface area contributed by atoms with E-state index in [9.17, 15) is 18.4 Å². The third kappa shape index (κ3) is 2.80. The number of benzene rings is 2. The number of hydrogen-bond donors (Lipinski definition) is 1. The molecule has 1 heterocycles. The van der Waals surface area contributed by atoms with Gasteiger partial charge in [-0.1, -0.05) is 24.3 Å². The lowest BCUT2D eigenvalue weighted by molar-refractivity contribution is 0.558. The predicted molar refractivity (Wildman–Crippen MR) is 79.6 cm³/mol. The quantitative estimate of drug-likeness (QED) is 0.801. The molecule has 0 saturated carbocycles. The molecule has 3 aromatic rings. The van der Waals surface area contributed by atoms with Crippen molar-refractivity contribution in [2.45, 2.75) is 6.42 Å². The van der Waals surface area contributed by atoms with Gasteiger partial charge < -0.3 is 0 Å². The van der Waals surface area contributed by atoms with E-state index in [4.69, 9.17) is 0 Å². The molecular weight excluding hydrogens is 304 g/mol. The first-order valence-corrected chi connectivity index (χ1v) is 6.77. The molecule has 0 aliphatic rings. The fraction of sp³-hybridized carbons (Fsp3) is 0.0625. The first kappa shape index (κ1) is 14.8. The summed E-state index contributed by atoms with van der Waals surface area (Å²) in [5.41, 5.74) is -1.53. The number of nitrogens with zero attached hydrogens (tertiary/aromatic N) is 2. The van der Waals surface area contributed by atoms with Crippen LogP contribution >= 0.6 is 0 Å². The summed E-state index contributed by atoms with van der Waals surface area (Å²) in [5.74, 6) is -1.55. The molecule has 0 aliphatic carbocycles. The monoisotopic (exact) mass is 315 g/mol. The van der Waals surface area contributed by atoms with Crippen LogP contribution < -0.4 is 11.2 Å². The van der Waals surface area contributed by atoms with Crippen molar-refractivity contribution in [2.24, 2.45) is 0 Å². The van der Waals surface area contributed by atoms with Crippen LogP contribution in [0.4, 0.5) is 8.78 Å². The molecule has 0 fully saturated rings. The van der Waals surface area contributed by atoms with Crippen LogP contribution in [0.2, 0.25) is 0 Å². The second-order valence-corrected chi connectivity index (χ2v) is 4.83. The molecule has 0 aliphatic heterocycles.